The van der Waals surface area contributed by atoms with Crippen LogP contribution in [-0.4, -0.2) is 16.8 Å². The van der Waals surface area contributed by atoms with E-state index in [-0.39, 0.29) is 6.54 Å². The number of hydrogen-bond acceptors (Lipinski definition) is 4. The van der Waals surface area contributed by atoms with Crippen molar-refractivity contribution in [1.29, 1.82) is 0 Å². The maximum absolute atomic E-state index is 10.9. The second kappa shape index (κ2) is 4.12. The lowest BCUT2D eigenvalue weighted by Gasteiger charge is -2.02. The molecular weight excluding hydrogens is 226 g/mol. The zero-order valence-electron chi connectivity index (χ0n) is 8.65. The van der Waals surface area contributed by atoms with Gasteiger partial charge in [-0.15, -0.1) is 0 Å². The normalized spacial score (nSPS) is 10.4. The Bertz CT molecular complexity index is 640. The Morgan fingerprint density at radius 2 is 2.18 bits per heavy atom. The van der Waals surface area contributed by atoms with E-state index in [0.29, 0.717) is 16.7 Å². The van der Waals surface area contributed by atoms with Gasteiger partial charge in [0, 0.05) is 6.54 Å². The number of rotatable bonds is 2. The minimum Gasteiger partial charge on any atom is -0.408 e. The number of primary amides is 1. The Balaban J connectivity index is 2.16. The van der Waals surface area contributed by atoms with Crippen molar-refractivity contribution in [1.82, 2.24) is 10.3 Å². The van der Waals surface area contributed by atoms with Crippen molar-refractivity contribution in [3.8, 4) is 0 Å². The molecule has 0 bridgehead atoms. The molecule has 0 aliphatic carbocycles. The molecule has 2 amide bonds. The number of benzene rings is 1. The third kappa shape index (κ3) is 2.33. The first-order valence-electron chi connectivity index (χ1n) is 4.75. The minimum absolute atomic E-state index is 0.144. The molecule has 0 aliphatic heterocycles. The number of aromatic amines is 1. The Labute approximate surface area is 94.6 Å². The van der Waals surface area contributed by atoms with E-state index >= 15 is 0 Å². The molecule has 2 aromatic rings. The first-order chi connectivity index (χ1) is 8.06. The molecule has 0 spiro atoms. The molecule has 0 radical (unpaired) electrons. The third-order valence-corrected chi connectivity index (χ3v) is 2.16. The molecule has 1 aromatic carbocycles. The number of oxazole rings is 1. The molecule has 88 valence electrons. The second-order valence-electron chi connectivity index (χ2n) is 3.39. The SMILES string of the molecule is NC(=O)C(=O)NCc1ccc2oc(=O)[nH]c2c1. The molecule has 0 unspecified atom stereocenters. The number of aromatic nitrogens is 1. The minimum atomic E-state index is -1.04. The van der Waals surface area contributed by atoms with Crippen molar-refractivity contribution in [2.75, 3.05) is 0 Å². The average molecular weight is 235 g/mol. The summed E-state index contributed by atoms with van der Waals surface area (Å²) in [5.74, 6) is -2.44. The average Bonchev–Trinajstić information content (AvgIpc) is 2.64. The number of fused-ring (bicyclic) bond motifs is 1. The number of H-pyrrole nitrogens is 1. The molecule has 1 heterocycles. The van der Waals surface area contributed by atoms with Crippen LogP contribution in [0.1, 0.15) is 5.56 Å². The van der Waals surface area contributed by atoms with Crippen molar-refractivity contribution in [2.24, 2.45) is 5.73 Å². The van der Waals surface area contributed by atoms with Gasteiger partial charge < -0.3 is 15.5 Å². The molecule has 0 saturated carbocycles. The zero-order valence-corrected chi connectivity index (χ0v) is 8.65. The number of carbonyl (C=O) groups excluding carboxylic acids is 2. The molecule has 0 fully saturated rings. The van der Waals surface area contributed by atoms with E-state index in [1.54, 1.807) is 18.2 Å². The molecule has 0 aliphatic rings. The summed E-state index contributed by atoms with van der Waals surface area (Å²) < 4.78 is 4.81. The standard InChI is InChI=1S/C10H9N3O4/c11-8(14)9(15)12-4-5-1-2-7-6(3-5)13-10(16)17-7/h1-3H,4H2,(H2,11,14)(H,12,15)(H,13,16). The van der Waals surface area contributed by atoms with Gasteiger partial charge in [0.25, 0.3) is 0 Å². The quantitative estimate of drug-likeness (QED) is 0.592. The van der Waals surface area contributed by atoms with E-state index in [0.717, 1.165) is 0 Å². The summed E-state index contributed by atoms with van der Waals surface area (Å²) in [6.07, 6.45) is 0. The molecule has 0 atom stereocenters. The monoisotopic (exact) mass is 235 g/mol. The van der Waals surface area contributed by atoms with Crippen LogP contribution in [0.15, 0.2) is 27.4 Å². The second-order valence-corrected chi connectivity index (χ2v) is 3.39. The predicted molar refractivity (Wildman–Crippen MR) is 57.9 cm³/mol. The fourth-order valence-electron chi connectivity index (χ4n) is 1.38. The Hall–Kier alpha value is -2.57. The molecule has 2 rings (SSSR count). The summed E-state index contributed by atoms with van der Waals surface area (Å²) in [5, 5.41) is 2.33. The highest BCUT2D eigenvalue weighted by Gasteiger charge is 2.08. The van der Waals surface area contributed by atoms with Gasteiger partial charge in [0.1, 0.15) is 0 Å². The molecule has 1 aromatic heterocycles. The van der Waals surface area contributed by atoms with Gasteiger partial charge in [-0.1, -0.05) is 6.07 Å². The van der Waals surface area contributed by atoms with Crippen LogP contribution in [0.5, 0.6) is 0 Å². The molecule has 7 heteroatoms. The number of amides is 2. The van der Waals surface area contributed by atoms with Crippen LogP contribution in [0.4, 0.5) is 0 Å². The van der Waals surface area contributed by atoms with Crippen LogP contribution in [0.25, 0.3) is 11.1 Å². The maximum atomic E-state index is 10.9. The van der Waals surface area contributed by atoms with Gasteiger partial charge >= 0.3 is 17.6 Å². The summed E-state index contributed by atoms with van der Waals surface area (Å²) in [6.45, 7) is 0.144. The van der Waals surface area contributed by atoms with Gasteiger partial charge in [-0.25, -0.2) is 4.79 Å². The molecule has 17 heavy (non-hydrogen) atoms. The number of carbonyl (C=O) groups is 2. The van der Waals surface area contributed by atoms with E-state index in [1.165, 1.54) is 0 Å². The van der Waals surface area contributed by atoms with E-state index in [1.807, 2.05) is 0 Å². The lowest BCUT2D eigenvalue weighted by molar-refractivity contribution is -0.137. The molecule has 7 nitrogen and oxygen atoms in total. The van der Waals surface area contributed by atoms with Crippen molar-refractivity contribution in [2.45, 2.75) is 6.54 Å². The third-order valence-electron chi connectivity index (χ3n) is 2.16. The number of nitrogens with one attached hydrogen (secondary N) is 2. The van der Waals surface area contributed by atoms with E-state index in [9.17, 15) is 14.4 Å². The summed E-state index contributed by atoms with van der Waals surface area (Å²) in [6, 6.07) is 4.90. The molecule has 4 N–H and O–H groups in total. The predicted octanol–water partition coefficient (Wildman–Crippen LogP) is -0.777. The van der Waals surface area contributed by atoms with Crippen LogP contribution in [0.3, 0.4) is 0 Å². The van der Waals surface area contributed by atoms with Gasteiger partial charge in [0.15, 0.2) is 5.58 Å². The van der Waals surface area contributed by atoms with Crippen LogP contribution in [0.2, 0.25) is 0 Å². The number of nitrogens with two attached hydrogens (primary N) is 1. The van der Waals surface area contributed by atoms with Crippen molar-refractivity contribution >= 4 is 22.9 Å². The van der Waals surface area contributed by atoms with Crippen molar-refractivity contribution < 1.29 is 14.0 Å². The summed E-state index contributed by atoms with van der Waals surface area (Å²) in [5.41, 5.74) is 6.45. The summed E-state index contributed by atoms with van der Waals surface area (Å²) >= 11 is 0. The Morgan fingerprint density at radius 1 is 1.41 bits per heavy atom. The van der Waals surface area contributed by atoms with Crippen LogP contribution in [-0.2, 0) is 16.1 Å². The highest BCUT2D eigenvalue weighted by Crippen LogP contribution is 2.11. The Kier molecular flexibility index (Phi) is 2.65. The first kappa shape index (κ1) is 10.9. The van der Waals surface area contributed by atoms with Crippen LogP contribution < -0.4 is 16.8 Å². The van der Waals surface area contributed by atoms with Gasteiger partial charge in [0.05, 0.1) is 5.52 Å². The first-order valence-corrected chi connectivity index (χ1v) is 4.75. The highest BCUT2D eigenvalue weighted by atomic mass is 16.4. The Morgan fingerprint density at radius 3 is 2.88 bits per heavy atom. The van der Waals surface area contributed by atoms with E-state index < -0.39 is 17.6 Å². The summed E-state index contributed by atoms with van der Waals surface area (Å²) in [7, 11) is 0. The van der Waals surface area contributed by atoms with Gasteiger partial charge in [-0.2, -0.15) is 0 Å². The van der Waals surface area contributed by atoms with E-state index in [2.05, 4.69) is 10.3 Å². The number of hydrogen-bond donors (Lipinski definition) is 3. The van der Waals surface area contributed by atoms with Gasteiger partial charge in [-0.3, -0.25) is 14.6 Å². The van der Waals surface area contributed by atoms with Crippen molar-refractivity contribution in [3.05, 3.63) is 34.3 Å². The van der Waals surface area contributed by atoms with Crippen molar-refractivity contribution in [3.63, 3.8) is 0 Å². The summed E-state index contributed by atoms with van der Waals surface area (Å²) in [4.78, 5) is 34.8. The lowest BCUT2D eigenvalue weighted by Crippen LogP contribution is -2.35. The molecular formula is C10H9N3O4. The fourth-order valence-corrected chi connectivity index (χ4v) is 1.38. The molecule has 0 saturated heterocycles. The van der Waals surface area contributed by atoms with Gasteiger partial charge in [0.2, 0.25) is 0 Å². The lowest BCUT2D eigenvalue weighted by atomic mass is 10.2. The largest absolute Gasteiger partial charge is 0.417 e. The highest BCUT2D eigenvalue weighted by molar-refractivity contribution is 6.34. The zero-order chi connectivity index (χ0) is 12.4. The van der Waals surface area contributed by atoms with Crippen LogP contribution >= 0.6 is 0 Å². The van der Waals surface area contributed by atoms with Crippen LogP contribution in [0, 0.1) is 0 Å². The van der Waals surface area contributed by atoms with Gasteiger partial charge in [-0.05, 0) is 17.7 Å². The smallest absolute Gasteiger partial charge is 0.408 e. The topological polar surface area (TPSA) is 118 Å². The van der Waals surface area contributed by atoms with E-state index in [4.69, 9.17) is 10.2 Å². The fraction of sp³-hybridized carbons (Fsp3) is 0.100. The maximum Gasteiger partial charge on any atom is 0.417 e.